The number of hydrogen-bond donors (Lipinski definition) is 0. The molecule has 1 aromatic rings. The van der Waals surface area contributed by atoms with Gasteiger partial charge in [-0.25, -0.2) is 0 Å². The van der Waals surface area contributed by atoms with E-state index in [1.54, 1.807) is 0 Å². The summed E-state index contributed by atoms with van der Waals surface area (Å²) in [6.45, 7) is 8.67. The van der Waals surface area contributed by atoms with Crippen molar-refractivity contribution in [1.29, 1.82) is 0 Å². The van der Waals surface area contributed by atoms with Gasteiger partial charge in [-0.2, -0.15) is 0 Å². The Balaban J connectivity index is 2.47. The Labute approximate surface area is 84.7 Å². The Hall–Kier alpha value is -1.50. The van der Waals surface area contributed by atoms with Crippen molar-refractivity contribution >= 4 is 6.08 Å². The first-order valence-corrected chi connectivity index (χ1v) is 4.77. The highest BCUT2D eigenvalue weighted by molar-refractivity contribution is 5.66. The monoisotopic (exact) mass is 186 g/mol. The van der Waals surface area contributed by atoms with E-state index in [-0.39, 0.29) is 0 Å². The van der Waals surface area contributed by atoms with Gasteiger partial charge in [0.2, 0.25) is 0 Å². The molecule has 0 N–H and O–H groups in total. The smallest absolute Gasteiger partial charge is 0.127 e. The molecule has 72 valence electrons. The molecule has 0 aliphatic carbocycles. The quantitative estimate of drug-likeness (QED) is 0.653. The summed E-state index contributed by atoms with van der Waals surface area (Å²) >= 11 is 0. The molecule has 2 rings (SSSR count). The van der Waals surface area contributed by atoms with Crippen molar-refractivity contribution in [3.8, 4) is 5.75 Å². The van der Waals surface area contributed by atoms with Gasteiger partial charge in [-0.1, -0.05) is 23.8 Å². The van der Waals surface area contributed by atoms with Crippen LogP contribution in [0.2, 0.25) is 0 Å². The van der Waals surface area contributed by atoms with Crippen LogP contribution >= 0.6 is 0 Å². The molecule has 0 bridgehead atoms. The van der Waals surface area contributed by atoms with Gasteiger partial charge >= 0.3 is 0 Å². The summed E-state index contributed by atoms with van der Waals surface area (Å²) in [5, 5.41) is 0. The fraction of sp³-hybridized carbons (Fsp3) is 0.231. The zero-order valence-corrected chi connectivity index (χ0v) is 8.63. The van der Waals surface area contributed by atoms with Crippen molar-refractivity contribution in [2.24, 2.45) is 0 Å². The number of aryl methyl sites for hydroxylation is 1. The van der Waals surface area contributed by atoms with E-state index in [1.807, 2.05) is 13.0 Å². The third kappa shape index (κ3) is 1.58. The van der Waals surface area contributed by atoms with E-state index in [4.69, 9.17) is 4.74 Å². The Kier molecular flexibility index (Phi) is 2.16. The summed E-state index contributed by atoms with van der Waals surface area (Å²) in [4.78, 5) is 0. The minimum absolute atomic E-state index is 0.644. The molecule has 1 aliphatic rings. The molecular weight excluding hydrogens is 172 g/mol. The van der Waals surface area contributed by atoms with E-state index in [0.29, 0.717) is 6.61 Å². The summed E-state index contributed by atoms with van der Waals surface area (Å²) < 4.78 is 5.62. The van der Waals surface area contributed by atoms with Gasteiger partial charge in [-0.3, -0.25) is 0 Å². The zero-order chi connectivity index (χ0) is 10.1. The molecule has 0 spiro atoms. The summed E-state index contributed by atoms with van der Waals surface area (Å²) in [7, 11) is 0. The third-order valence-corrected chi connectivity index (χ3v) is 2.43. The molecule has 1 heterocycles. The van der Waals surface area contributed by atoms with E-state index in [2.05, 4.69) is 31.7 Å². The van der Waals surface area contributed by atoms with Crippen molar-refractivity contribution < 1.29 is 4.74 Å². The molecule has 0 radical (unpaired) electrons. The predicted octanol–water partition coefficient (Wildman–Crippen LogP) is 3.35. The van der Waals surface area contributed by atoms with Crippen molar-refractivity contribution in [3.05, 3.63) is 47.1 Å². The Morgan fingerprint density at radius 3 is 2.93 bits per heavy atom. The fourth-order valence-corrected chi connectivity index (χ4v) is 1.54. The van der Waals surface area contributed by atoms with Crippen molar-refractivity contribution in [2.45, 2.75) is 13.8 Å². The Morgan fingerprint density at radius 1 is 1.43 bits per heavy atom. The lowest BCUT2D eigenvalue weighted by molar-refractivity contribution is 0.349. The highest BCUT2D eigenvalue weighted by Gasteiger charge is 2.11. The zero-order valence-electron chi connectivity index (χ0n) is 8.63. The fourth-order valence-electron chi connectivity index (χ4n) is 1.54. The molecule has 0 aromatic heterocycles. The van der Waals surface area contributed by atoms with E-state index in [1.165, 1.54) is 11.1 Å². The van der Waals surface area contributed by atoms with Gasteiger partial charge in [0.15, 0.2) is 0 Å². The summed E-state index contributed by atoms with van der Waals surface area (Å²) in [5.41, 5.74) is 4.68. The third-order valence-electron chi connectivity index (χ3n) is 2.43. The Bertz CT molecular complexity index is 413. The van der Waals surface area contributed by atoms with Crippen LogP contribution in [-0.2, 0) is 0 Å². The first kappa shape index (κ1) is 9.07. The van der Waals surface area contributed by atoms with Gasteiger partial charge in [-0.05, 0) is 37.6 Å². The van der Waals surface area contributed by atoms with Gasteiger partial charge in [0, 0.05) is 5.56 Å². The van der Waals surface area contributed by atoms with Crippen LogP contribution in [0.4, 0.5) is 0 Å². The second kappa shape index (κ2) is 3.33. The van der Waals surface area contributed by atoms with Gasteiger partial charge in [0.25, 0.3) is 0 Å². The molecule has 1 aromatic carbocycles. The predicted molar refractivity (Wildman–Crippen MR) is 59.5 cm³/mol. The van der Waals surface area contributed by atoms with Crippen LogP contribution in [0.15, 0.2) is 35.9 Å². The van der Waals surface area contributed by atoms with Gasteiger partial charge in [0.05, 0.1) is 0 Å². The van der Waals surface area contributed by atoms with Crippen LogP contribution in [0.25, 0.3) is 6.08 Å². The maximum absolute atomic E-state index is 5.62. The van der Waals surface area contributed by atoms with Crippen molar-refractivity contribution in [3.63, 3.8) is 0 Å². The average molecular weight is 186 g/mol. The lowest BCUT2D eigenvalue weighted by Gasteiger charge is -2.18. The molecule has 14 heavy (non-hydrogen) atoms. The molecule has 0 atom stereocenters. The van der Waals surface area contributed by atoms with Crippen LogP contribution < -0.4 is 4.74 Å². The van der Waals surface area contributed by atoms with Gasteiger partial charge in [-0.15, -0.1) is 0 Å². The van der Waals surface area contributed by atoms with Crippen molar-refractivity contribution in [1.82, 2.24) is 0 Å². The molecule has 0 amide bonds. The molecule has 1 nitrogen and oxygen atoms in total. The Morgan fingerprint density at radius 2 is 2.21 bits per heavy atom. The number of hydrogen-bond acceptors (Lipinski definition) is 1. The lowest BCUT2D eigenvalue weighted by atomic mass is 10.0. The average Bonchev–Trinajstić information content (AvgIpc) is 2.16. The SMILES string of the molecule is C=C(C)C1=Cc2cc(C)ccc2OC1. The normalized spacial score (nSPS) is 14.0. The second-order valence-electron chi connectivity index (χ2n) is 3.78. The second-order valence-corrected chi connectivity index (χ2v) is 3.78. The van der Waals surface area contributed by atoms with Crippen molar-refractivity contribution in [2.75, 3.05) is 6.61 Å². The lowest BCUT2D eigenvalue weighted by Crippen LogP contribution is -2.07. The molecule has 0 unspecified atom stereocenters. The minimum Gasteiger partial charge on any atom is -0.488 e. The van der Waals surface area contributed by atoms with Crippen LogP contribution in [0.5, 0.6) is 5.75 Å². The maximum Gasteiger partial charge on any atom is 0.127 e. The van der Waals surface area contributed by atoms with Crippen LogP contribution in [0.1, 0.15) is 18.1 Å². The topological polar surface area (TPSA) is 9.23 Å². The highest BCUT2D eigenvalue weighted by Crippen LogP contribution is 2.28. The molecule has 0 saturated carbocycles. The van der Waals surface area contributed by atoms with E-state index >= 15 is 0 Å². The standard InChI is InChI=1S/C13H14O/c1-9(2)12-7-11-6-10(3)4-5-13(11)14-8-12/h4-7H,1,8H2,2-3H3. The summed E-state index contributed by atoms with van der Waals surface area (Å²) in [5.74, 6) is 0.973. The minimum atomic E-state index is 0.644. The number of benzene rings is 1. The number of fused-ring (bicyclic) bond motifs is 1. The highest BCUT2D eigenvalue weighted by atomic mass is 16.5. The van der Waals surface area contributed by atoms with E-state index in [0.717, 1.165) is 16.9 Å². The van der Waals surface area contributed by atoms with Crippen LogP contribution in [0, 0.1) is 6.92 Å². The molecule has 1 aliphatic heterocycles. The molecular formula is C13H14O. The molecule has 1 heteroatoms. The first-order valence-electron chi connectivity index (χ1n) is 4.77. The number of ether oxygens (including phenoxy) is 1. The van der Waals surface area contributed by atoms with E-state index < -0.39 is 0 Å². The van der Waals surface area contributed by atoms with Gasteiger partial charge < -0.3 is 4.74 Å². The largest absolute Gasteiger partial charge is 0.488 e. The van der Waals surface area contributed by atoms with Gasteiger partial charge in [0.1, 0.15) is 12.4 Å². The molecule has 0 fully saturated rings. The first-order chi connectivity index (χ1) is 6.66. The molecule has 0 saturated heterocycles. The van der Waals surface area contributed by atoms with Crippen LogP contribution in [0.3, 0.4) is 0 Å². The summed E-state index contributed by atoms with van der Waals surface area (Å²) in [6, 6.07) is 6.23. The summed E-state index contributed by atoms with van der Waals surface area (Å²) in [6.07, 6.45) is 2.16. The van der Waals surface area contributed by atoms with Crippen LogP contribution in [-0.4, -0.2) is 6.61 Å². The van der Waals surface area contributed by atoms with E-state index in [9.17, 15) is 0 Å². The number of rotatable bonds is 1. The maximum atomic E-state index is 5.62.